The molecule has 0 saturated carbocycles. The van der Waals surface area contributed by atoms with Crippen LogP contribution in [0.15, 0.2) is 0 Å². The molecular weight excluding hydrogens is 928 g/mol. The van der Waals surface area contributed by atoms with Crippen molar-refractivity contribution in [1.29, 1.82) is 0 Å². The van der Waals surface area contributed by atoms with Crippen LogP contribution in [0.1, 0.15) is 135 Å². The second-order valence-corrected chi connectivity index (χ2v) is 16.0. The number of nitrogens with one attached hydrogen (secondary N) is 5. The maximum Gasteiger partial charge on any atom is 0.326 e. The molecule has 0 rings (SSSR count). The number of carbonyl (C=O) groups is 7. The number of carbonyl (C=O) groups excluding carboxylic acids is 5. The highest BCUT2D eigenvalue weighted by Gasteiger charge is 2.21. The summed E-state index contributed by atoms with van der Waals surface area (Å²) in [7, 11) is 2.17. The molecule has 0 aromatic carbocycles. The zero-order chi connectivity index (χ0) is 45.2. The second-order valence-electron chi connectivity index (χ2n) is 14.8. The molecule has 0 fully saturated rings. The van der Waals surface area contributed by atoms with Gasteiger partial charge in [-0.15, -0.1) is 0 Å². The van der Waals surface area contributed by atoms with Crippen LogP contribution in [-0.2, 0) is 52.5 Å². The van der Waals surface area contributed by atoms with Gasteiger partial charge in [0, 0.05) is 61.8 Å². The first-order valence-electron chi connectivity index (χ1n) is 22.0. The number of amides is 4. The highest BCUT2D eigenvalue weighted by atomic mass is 127. The third-order valence-corrected chi connectivity index (χ3v) is 10.6. The van der Waals surface area contributed by atoms with Crippen LogP contribution in [0, 0.1) is 0 Å². The first-order valence-corrected chi connectivity index (χ1v) is 23.6. The van der Waals surface area contributed by atoms with Crippen molar-refractivity contribution >= 4 is 73.2 Å². The van der Waals surface area contributed by atoms with Gasteiger partial charge in [-0.25, -0.2) is 4.79 Å². The Morgan fingerprint density at radius 1 is 0.459 bits per heavy atom. The normalized spacial score (nSPS) is 12.0. The summed E-state index contributed by atoms with van der Waals surface area (Å²) in [6, 6.07) is -1.34. The number of carboxylic acids is 2. The molecule has 354 valence electrons. The van der Waals surface area contributed by atoms with Crippen LogP contribution < -0.4 is 24.8 Å². The van der Waals surface area contributed by atoms with E-state index >= 15 is 0 Å². The molecule has 3 atom stereocenters. The number of ether oxygens (including phenoxy) is 4. The predicted molar refractivity (Wildman–Crippen MR) is 242 cm³/mol. The fourth-order valence-electron chi connectivity index (χ4n) is 5.92. The largest absolute Gasteiger partial charge is 0.481 e. The molecule has 2 unspecified atom stereocenters. The molecule has 61 heavy (non-hydrogen) atoms. The maximum absolute atomic E-state index is 12.3. The van der Waals surface area contributed by atoms with Crippen LogP contribution in [0.25, 0.3) is 0 Å². The van der Waals surface area contributed by atoms with E-state index < -0.39 is 18.0 Å². The maximum atomic E-state index is 12.3. The smallest absolute Gasteiger partial charge is 0.326 e. The fourth-order valence-corrected chi connectivity index (χ4v) is 7.13. The van der Waals surface area contributed by atoms with Crippen molar-refractivity contribution in [2.45, 2.75) is 147 Å². The molecule has 0 aromatic rings. The van der Waals surface area contributed by atoms with Crippen LogP contribution in [0.5, 0.6) is 0 Å². The minimum absolute atomic E-state index is 0.0105. The third kappa shape index (κ3) is 41.2. The van der Waals surface area contributed by atoms with Crippen LogP contribution in [0.2, 0.25) is 0 Å². The summed E-state index contributed by atoms with van der Waals surface area (Å²) >= 11 is 1.96. The molecule has 7 N–H and O–H groups in total. The van der Waals surface area contributed by atoms with Gasteiger partial charge in [-0.1, -0.05) is 86.3 Å². The standard InChI is InChI=1S/C41H75IN5O13P/c42-47-34(41(56)61)17-15-16-22-43-37(50)31-59-29-28-58-26-24-45-38(51)32-60-30-27-57-25-23-44-35(48)21-20-33(40(54)55)46-36(49)18-13-11-9-7-5-3-1-2-4-6-8-10-12-14-19-39(52)53/h33-34,47H,1-32,61H2,(H,43,50)(H,44,48)(H,45,51)(H,46,49)(H,52,53)(H,54,55)/t33?,34-/m0/s1. The molecule has 0 aliphatic rings. The molecule has 0 aliphatic carbocycles. The van der Waals surface area contributed by atoms with E-state index in [1.165, 1.54) is 44.9 Å². The number of aliphatic carboxylic acids is 2. The SMILES string of the molecule is O=C(O)CCCCCCCCCCCCCCCCC(=O)NC(CCC(=O)NCCOCCOCC(=O)NCCOCCOCC(=O)NCCCC[C@H](NI)C(=O)P)C(=O)O. The summed E-state index contributed by atoms with van der Waals surface area (Å²) in [5, 5.41) is 28.8. The van der Waals surface area contributed by atoms with Crippen LogP contribution in [0.4, 0.5) is 0 Å². The number of rotatable bonds is 45. The molecule has 0 bridgehead atoms. The van der Waals surface area contributed by atoms with Crippen molar-refractivity contribution in [2.75, 3.05) is 72.5 Å². The van der Waals surface area contributed by atoms with Crippen molar-refractivity contribution in [3.63, 3.8) is 0 Å². The van der Waals surface area contributed by atoms with Gasteiger partial charge >= 0.3 is 11.9 Å². The zero-order valence-electron chi connectivity index (χ0n) is 36.1. The van der Waals surface area contributed by atoms with Gasteiger partial charge in [0.25, 0.3) is 0 Å². The van der Waals surface area contributed by atoms with Gasteiger partial charge in [0.2, 0.25) is 23.6 Å². The first kappa shape index (κ1) is 58.5. The Morgan fingerprint density at radius 3 is 1.36 bits per heavy atom. The van der Waals surface area contributed by atoms with E-state index in [2.05, 4.69) is 34.0 Å². The average Bonchev–Trinajstić information content (AvgIpc) is 3.22. The van der Waals surface area contributed by atoms with Crippen molar-refractivity contribution in [2.24, 2.45) is 0 Å². The average molecular weight is 1000 g/mol. The van der Waals surface area contributed by atoms with E-state index in [-0.39, 0.29) is 127 Å². The summed E-state index contributed by atoms with van der Waals surface area (Å²) in [5.74, 6) is -3.12. The molecular formula is C41H75IN5O13P. The Hall–Kier alpha value is -2.55. The van der Waals surface area contributed by atoms with Gasteiger partial charge in [-0.05, 0) is 38.5 Å². The first-order chi connectivity index (χ1) is 29.5. The number of halogens is 1. The lowest BCUT2D eigenvalue weighted by atomic mass is 10.0. The van der Waals surface area contributed by atoms with Gasteiger partial charge in [-0.3, -0.25) is 32.3 Å². The molecule has 0 aromatic heterocycles. The highest BCUT2D eigenvalue weighted by Crippen LogP contribution is 2.14. The number of carboxylic acid groups (broad SMARTS) is 2. The Morgan fingerprint density at radius 2 is 0.902 bits per heavy atom. The fraction of sp³-hybridized carbons (Fsp3) is 0.829. The molecule has 0 saturated heterocycles. The number of hydrogen-bond acceptors (Lipinski definition) is 12. The van der Waals surface area contributed by atoms with E-state index in [1.807, 2.05) is 22.9 Å². The zero-order valence-corrected chi connectivity index (χ0v) is 39.4. The van der Waals surface area contributed by atoms with Gasteiger partial charge < -0.3 is 50.4 Å². The third-order valence-electron chi connectivity index (χ3n) is 9.40. The second kappa shape index (κ2) is 42.7. The predicted octanol–water partition coefficient (Wildman–Crippen LogP) is 3.96. The topological polar surface area (TPSA) is 257 Å². The highest BCUT2D eigenvalue weighted by molar-refractivity contribution is 14.1. The number of unbranched alkanes of at least 4 members (excludes halogenated alkanes) is 14. The molecule has 0 spiro atoms. The Kier molecular flexibility index (Phi) is 40.9. The van der Waals surface area contributed by atoms with E-state index in [0.29, 0.717) is 19.4 Å². The summed E-state index contributed by atoms with van der Waals surface area (Å²) < 4.78 is 24.3. The molecule has 0 aliphatic heterocycles. The van der Waals surface area contributed by atoms with Crippen LogP contribution in [0.3, 0.4) is 0 Å². The summed E-state index contributed by atoms with van der Waals surface area (Å²) in [5.41, 5.74) is 0.0105. The van der Waals surface area contributed by atoms with E-state index in [1.54, 1.807) is 0 Å². The minimum atomic E-state index is -1.18. The lowest BCUT2D eigenvalue weighted by molar-refractivity contribution is -0.142. The Balaban J connectivity index is 3.65. The molecule has 18 nitrogen and oxygen atoms in total. The Bertz CT molecular complexity index is 1210. The van der Waals surface area contributed by atoms with E-state index in [9.17, 15) is 38.7 Å². The summed E-state index contributed by atoms with van der Waals surface area (Å²) in [4.78, 5) is 81.8. The van der Waals surface area contributed by atoms with Crippen molar-refractivity contribution in [1.82, 2.24) is 24.8 Å². The lowest BCUT2D eigenvalue weighted by Gasteiger charge is -2.14. The van der Waals surface area contributed by atoms with Crippen LogP contribution in [-0.4, -0.2) is 136 Å². The molecule has 0 heterocycles. The van der Waals surface area contributed by atoms with Gasteiger partial charge in [0.05, 0.1) is 45.7 Å². The van der Waals surface area contributed by atoms with E-state index in [0.717, 1.165) is 51.4 Å². The van der Waals surface area contributed by atoms with Gasteiger partial charge in [0.15, 0.2) is 5.52 Å². The number of hydrogen-bond donors (Lipinski definition) is 7. The van der Waals surface area contributed by atoms with Crippen molar-refractivity contribution in [3.05, 3.63) is 0 Å². The van der Waals surface area contributed by atoms with Gasteiger partial charge in [-0.2, -0.15) is 0 Å². The van der Waals surface area contributed by atoms with Gasteiger partial charge in [0.1, 0.15) is 19.3 Å². The summed E-state index contributed by atoms with van der Waals surface area (Å²) in [6.07, 6.45) is 17.7. The van der Waals surface area contributed by atoms with Crippen LogP contribution >= 0.6 is 32.1 Å². The quantitative estimate of drug-likeness (QED) is 0.0197. The lowest BCUT2D eigenvalue weighted by Crippen LogP contribution is -2.41. The monoisotopic (exact) mass is 1000 g/mol. The molecule has 4 amide bonds. The Labute approximate surface area is 378 Å². The van der Waals surface area contributed by atoms with Crippen molar-refractivity contribution < 1.29 is 62.7 Å². The summed E-state index contributed by atoms with van der Waals surface area (Å²) in [6.45, 7) is 2.08. The molecule has 20 heteroatoms. The van der Waals surface area contributed by atoms with E-state index in [4.69, 9.17) is 24.1 Å². The molecule has 0 radical (unpaired) electrons. The van der Waals surface area contributed by atoms with Crippen molar-refractivity contribution in [3.8, 4) is 0 Å². The minimum Gasteiger partial charge on any atom is -0.481 e.